The number of carbonyl (C=O) groups excluding carboxylic acids is 1. The number of rotatable bonds is 4. The summed E-state index contributed by atoms with van der Waals surface area (Å²) in [6.45, 7) is 3.41. The average Bonchev–Trinajstić information content (AvgIpc) is 2.80. The lowest BCUT2D eigenvalue weighted by Crippen LogP contribution is -2.47. The van der Waals surface area contributed by atoms with Crippen LogP contribution in [0, 0.1) is 0 Å². The summed E-state index contributed by atoms with van der Waals surface area (Å²) in [6, 6.07) is 6.58. The van der Waals surface area contributed by atoms with Gasteiger partial charge in [0.05, 0.1) is 12.3 Å². The van der Waals surface area contributed by atoms with Crippen LogP contribution in [0.2, 0.25) is 5.02 Å². The SMILES string of the molecule is CCOC(=O)C1=NN(c2ccc(Cl)cc2)[C@](C)(C(=O)O)C1. The van der Waals surface area contributed by atoms with Crippen LogP contribution in [0.1, 0.15) is 20.3 Å². The molecule has 21 heavy (non-hydrogen) atoms. The molecule has 1 aliphatic rings. The maximum atomic E-state index is 11.8. The minimum atomic E-state index is -1.34. The Morgan fingerprint density at radius 1 is 1.43 bits per heavy atom. The zero-order chi connectivity index (χ0) is 15.6. The molecule has 112 valence electrons. The Kier molecular flexibility index (Phi) is 4.18. The number of hydrogen-bond donors (Lipinski definition) is 1. The van der Waals surface area contributed by atoms with Crippen LogP contribution in [-0.2, 0) is 14.3 Å². The Bertz CT molecular complexity index is 599. The maximum Gasteiger partial charge on any atom is 0.354 e. The van der Waals surface area contributed by atoms with E-state index >= 15 is 0 Å². The molecule has 6 nitrogen and oxygen atoms in total. The van der Waals surface area contributed by atoms with Crippen molar-refractivity contribution in [3.63, 3.8) is 0 Å². The number of carboxylic acid groups (broad SMARTS) is 1. The minimum Gasteiger partial charge on any atom is -0.479 e. The van der Waals surface area contributed by atoms with Crippen molar-refractivity contribution in [3.05, 3.63) is 29.3 Å². The Hall–Kier alpha value is -2.08. The van der Waals surface area contributed by atoms with Gasteiger partial charge in [0, 0.05) is 11.4 Å². The van der Waals surface area contributed by atoms with Crippen LogP contribution >= 0.6 is 11.6 Å². The fourth-order valence-electron chi connectivity index (χ4n) is 2.09. The van der Waals surface area contributed by atoms with Gasteiger partial charge in [0.25, 0.3) is 0 Å². The van der Waals surface area contributed by atoms with Crippen molar-refractivity contribution in [2.24, 2.45) is 5.10 Å². The molecule has 0 radical (unpaired) electrons. The third kappa shape index (κ3) is 2.85. The molecule has 1 aliphatic heterocycles. The van der Waals surface area contributed by atoms with Gasteiger partial charge < -0.3 is 9.84 Å². The summed E-state index contributed by atoms with van der Waals surface area (Å²) in [5.74, 6) is -1.66. The Labute approximate surface area is 127 Å². The fraction of sp³-hybridized carbons (Fsp3) is 0.357. The summed E-state index contributed by atoms with van der Waals surface area (Å²) in [7, 11) is 0. The summed E-state index contributed by atoms with van der Waals surface area (Å²) in [6.07, 6.45) is -0.0240. The Balaban J connectivity index is 2.40. The molecular weight excluding hydrogens is 296 g/mol. The van der Waals surface area contributed by atoms with Crippen LogP contribution in [0.4, 0.5) is 5.69 Å². The molecule has 0 unspecified atom stereocenters. The van der Waals surface area contributed by atoms with Crippen molar-refractivity contribution >= 4 is 34.9 Å². The number of halogens is 1. The van der Waals surface area contributed by atoms with Gasteiger partial charge in [-0.05, 0) is 38.1 Å². The largest absolute Gasteiger partial charge is 0.479 e. The zero-order valence-electron chi connectivity index (χ0n) is 11.7. The normalized spacial score (nSPS) is 21.1. The second-order valence-corrected chi connectivity index (χ2v) is 5.25. The van der Waals surface area contributed by atoms with Gasteiger partial charge in [0.2, 0.25) is 0 Å². The first-order valence-electron chi connectivity index (χ1n) is 6.42. The molecule has 1 aromatic carbocycles. The van der Waals surface area contributed by atoms with Gasteiger partial charge in [-0.15, -0.1) is 0 Å². The first-order valence-corrected chi connectivity index (χ1v) is 6.80. The molecule has 2 rings (SSSR count). The summed E-state index contributed by atoms with van der Waals surface area (Å²) < 4.78 is 4.89. The number of aliphatic carboxylic acids is 1. The molecule has 0 saturated carbocycles. The molecule has 1 atom stereocenters. The third-order valence-electron chi connectivity index (χ3n) is 3.24. The number of ether oxygens (including phenoxy) is 1. The number of nitrogens with zero attached hydrogens (tertiary/aromatic N) is 2. The smallest absolute Gasteiger partial charge is 0.354 e. The molecule has 7 heteroatoms. The van der Waals surface area contributed by atoms with Crippen molar-refractivity contribution < 1.29 is 19.4 Å². The van der Waals surface area contributed by atoms with Crippen LogP contribution in [-0.4, -0.2) is 34.9 Å². The van der Waals surface area contributed by atoms with E-state index in [9.17, 15) is 14.7 Å². The number of hydrazone groups is 1. The van der Waals surface area contributed by atoms with Gasteiger partial charge in [-0.3, -0.25) is 0 Å². The standard InChI is InChI=1S/C14H15ClN2O4/c1-3-21-12(18)11-8-14(2,13(19)20)17(16-11)10-6-4-9(15)5-7-10/h4-7H,3,8H2,1-2H3,(H,19,20)/t14-/m0/s1. The summed E-state index contributed by atoms with van der Waals surface area (Å²) in [5.41, 5.74) is -0.698. The molecular formula is C14H15ClN2O4. The van der Waals surface area contributed by atoms with E-state index in [0.717, 1.165) is 0 Å². The van der Waals surface area contributed by atoms with Crippen molar-refractivity contribution in [1.82, 2.24) is 0 Å². The molecule has 0 bridgehead atoms. The van der Waals surface area contributed by atoms with E-state index in [2.05, 4.69) is 5.10 Å². The highest BCUT2D eigenvalue weighted by molar-refractivity contribution is 6.38. The summed E-state index contributed by atoms with van der Waals surface area (Å²) in [5, 5.41) is 15.5. The van der Waals surface area contributed by atoms with Crippen molar-refractivity contribution in [2.45, 2.75) is 25.8 Å². The first kappa shape index (κ1) is 15.3. The predicted molar refractivity (Wildman–Crippen MR) is 78.7 cm³/mol. The zero-order valence-corrected chi connectivity index (χ0v) is 12.4. The molecule has 1 N–H and O–H groups in total. The second kappa shape index (κ2) is 5.73. The molecule has 0 saturated heterocycles. The van der Waals surface area contributed by atoms with E-state index in [-0.39, 0.29) is 18.7 Å². The Morgan fingerprint density at radius 2 is 2.05 bits per heavy atom. The van der Waals surface area contributed by atoms with Gasteiger partial charge in [-0.2, -0.15) is 5.10 Å². The maximum absolute atomic E-state index is 11.8. The quantitative estimate of drug-likeness (QED) is 0.863. The fourth-order valence-corrected chi connectivity index (χ4v) is 2.21. The molecule has 1 aromatic rings. The van der Waals surface area contributed by atoms with Crippen molar-refractivity contribution in [3.8, 4) is 0 Å². The number of benzene rings is 1. The van der Waals surface area contributed by atoms with E-state index in [0.29, 0.717) is 10.7 Å². The highest BCUT2D eigenvalue weighted by Gasteiger charge is 2.48. The molecule has 0 amide bonds. The van der Waals surface area contributed by atoms with E-state index in [4.69, 9.17) is 16.3 Å². The van der Waals surface area contributed by atoms with Crippen LogP contribution in [0.5, 0.6) is 0 Å². The van der Waals surface area contributed by atoms with Gasteiger partial charge in [0.1, 0.15) is 5.71 Å². The van der Waals surface area contributed by atoms with Crippen LogP contribution in [0.3, 0.4) is 0 Å². The number of esters is 1. The van der Waals surface area contributed by atoms with Gasteiger partial charge >= 0.3 is 11.9 Å². The molecule has 0 aromatic heterocycles. The van der Waals surface area contributed by atoms with Gasteiger partial charge in [0.15, 0.2) is 5.54 Å². The highest BCUT2D eigenvalue weighted by Crippen LogP contribution is 2.34. The summed E-state index contributed by atoms with van der Waals surface area (Å²) >= 11 is 5.83. The highest BCUT2D eigenvalue weighted by atomic mass is 35.5. The van der Waals surface area contributed by atoms with Crippen LogP contribution < -0.4 is 5.01 Å². The lowest BCUT2D eigenvalue weighted by molar-refractivity contribution is -0.142. The van der Waals surface area contributed by atoms with Gasteiger partial charge in [-0.25, -0.2) is 14.6 Å². The van der Waals surface area contributed by atoms with E-state index in [1.807, 2.05) is 0 Å². The van der Waals surface area contributed by atoms with Crippen LogP contribution in [0.15, 0.2) is 29.4 Å². The number of anilines is 1. The second-order valence-electron chi connectivity index (χ2n) is 4.81. The number of hydrogen-bond acceptors (Lipinski definition) is 5. The van der Waals surface area contributed by atoms with Crippen molar-refractivity contribution in [2.75, 3.05) is 11.6 Å². The lowest BCUT2D eigenvalue weighted by atomic mass is 9.95. The van der Waals surface area contributed by atoms with Gasteiger partial charge in [-0.1, -0.05) is 11.6 Å². The molecule has 0 fully saturated rings. The number of carbonyl (C=O) groups is 2. The predicted octanol–water partition coefficient (Wildman–Crippen LogP) is 2.31. The Morgan fingerprint density at radius 3 is 2.57 bits per heavy atom. The molecule has 1 heterocycles. The van der Waals surface area contributed by atoms with Crippen molar-refractivity contribution in [1.29, 1.82) is 0 Å². The minimum absolute atomic E-state index is 0.0240. The monoisotopic (exact) mass is 310 g/mol. The average molecular weight is 311 g/mol. The third-order valence-corrected chi connectivity index (χ3v) is 3.49. The molecule has 0 aliphatic carbocycles. The first-order chi connectivity index (χ1) is 9.88. The lowest BCUT2D eigenvalue weighted by Gasteiger charge is -2.29. The molecule has 0 spiro atoms. The topological polar surface area (TPSA) is 79.2 Å². The summed E-state index contributed by atoms with van der Waals surface area (Å²) in [4.78, 5) is 23.4. The van der Waals surface area contributed by atoms with Crippen LogP contribution in [0.25, 0.3) is 0 Å². The van der Waals surface area contributed by atoms with E-state index in [1.54, 1.807) is 31.2 Å². The number of carboxylic acids is 1. The van der Waals surface area contributed by atoms with E-state index < -0.39 is 17.5 Å². The van der Waals surface area contributed by atoms with E-state index in [1.165, 1.54) is 11.9 Å².